The largest absolute Gasteiger partial charge is 0.459 e. The molecule has 0 radical (unpaired) electrons. The van der Waals surface area contributed by atoms with Crippen molar-refractivity contribution in [3.8, 4) is 0 Å². The van der Waals surface area contributed by atoms with Crippen molar-refractivity contribution in [3.63, 3.8) is 0 Å². The smallest absolute Gasteiger partial charge is 0.341 e. The number of rotatable bonds is 9. The number of nitrogens with zero attached hydrogens (tertiary/aromatic N) is 3. The van der Waals surface area contributed by atoms with E-state index in [1.807, 2.05) is 25.3 Å². The second kappa shape index (κ2) is 10.1. The number of thiophene rings is 1. The van der Waals surface area contributed by atoms with E-state index in [0.29, 0.717) is 17.3 Å². The molecule has 3 N–H and O–H groups in total. The van der Waals surface area contributed by atoms with E-state index >= 15 is 0 Å². The summed E-state index contributed by atoms with van der Waals surface area (Å²) in [4.78, 5) is 37.0. The summed E-state index contributed by atoms with van der Waals surface area (Å²) in [6, 6.07) is 0. The summed E-state index contributed by atoms with van der Waals surface area (Å²) in [5.41, 5.74) is 5.96. The molecular formula is C19H27N5O4S2. The van der Waals surface area contributed by atoms with Gasteiger partial charge in [0, 0.05) is 12.5 Å². The maximum absolute atomic E-state index is 12.6. The van der Waals surface area contributed by atoms with E-state index in [0.717, 1.165) is 17.2 Å². The van der Waals surface area contributed by atoms with Crippen molar-refractivity contribution in [2.75, 3.05) is 11.1 Å². The summed E-state index contributed by atoms with van der Waals surface area (Å²) in [6.07, 6.45) is -0.344. The molecule has 0 bridgehead atoms. The summed E-state index contributed by atoms with van der Waals surface area (Å²) in [5.74, 6) is -0.467. The van der Waals surface area contributed by atoms with Crippen LogP contribution in [0, 0.1) is 6.92 Å². The number of carbonyl (C=O) groups is 3. The third kappa shape index (κ3) is 5.39. The second-order valence-electron chi connectivity index (χ2n) is 7.16. The molecule has 0 aliphatic heterocycles. The first-order chi connectivity index (χ1) is 14.1. The number of carbonyl (C=O) groups excluding carboxylic acids is 3. The van der Waals surface area contributed by atoms with Gasteiger partial charge in [0.05, 0.1) is 22.3 Å². The van der Waals surface area contributed by atoms with E-state index in [1.54, 1.807) is 20.8 Å². The molecule has 0 aromatic carbocycles. The number of ether oxygens (including phenoxy) is 1. The van der Waals surface area contributed by atoms with Crippen LogP contribution in [0.15, 0.2) is 5.16 Å². The van der Waals surface area contributed by atoms with Gasteiger partial charge in [-0.05, 0) is 33.3 Å². The van der Waals surface area contributed by atoms with E-state index < -0.39 is 11.9 Å². The maximum Gasteiger partial charge on any atom is 0.341 e. The summed E-state index contributed by atoms with van der Waals surface area (Å²) in [7, 11) is 0. The maximum atomic E-state index is 12.6. The van der Waals surface area contributed by atoms with Gasteiger partial charge < -0.3 is 20.4 Å². The van der Waals surface area contributed by atoms with Gasteiger partial charge in [0.15, 0.2) is 5.16 Å². The number of aromatic nitrogens is 3. The quantitative estimate of drug-likeness (QED) is 0.440. The Labute approximate surface area is 183 Å². The lowest BCUT2D eigenvalue weighted by Gasteiger charge is -2.11. The first kappa shape index (κ1) is 23.9. The molecule has 0 saturated heterocycles. The van der Waals surface area contributed by atoms with E-state index in [2.05, 4.69) is 15.5 Å². The summed E-state index contributed by atoms with van der Waals surface area (Å²) in [6.45, 7) is 11.8. The highest BCUT2D eigenvalue weighted by Gasteiger charge is 2.26. The normalized spacial score (nSPS) is 11.2. The average molecular weight is 454 g/mol. The molecule has 2 rings (SSSR count). The number of hydrogen-bond donors (Lipinski definition) is 2. The minimum absolute atomic E-state index is 0.0672. The minimum Gasteiger partial charge on any atom is -0.459 e. The van der Waals surface area contributed by atoms with E-state index in [9.17, 15) is 14.4 Å². The van der Waals surface area contributed by atoms with Gasteiger partial charge >= 0.3 is 5.97 Å². The fourth-order valence-corrected chi connectivity index (χ4v) is 4.65. The van der Waals surface area contributed by atoms with Crippen LogP contribution in [0.3, 0.4) is 0 Å². The molecule has 0 fully saturated rings. The Hall–Kier alpha value is -2.40. The molecule has 2 aromatic rings. The number of esters is 1. The van der Waals surface area contributed by atoms with Gasteiger partial charge in [-0.15, -0.1) is 21.5 Å². The second-order valence-corrected chi connectivity index (χ2v) is 9.12. The third-order valence-electron chi connectivity index (χ3n) is 4.08. The van der Waals surface area contributed by atoms with Gasteiger partial charge in [-0.1, -0.05) is 25.6 Å². The summed E-state index contributed by atoms with van der Waals surface area (Å²) in [5, 5.41) is 12.0. The van der Waals surface area contributed by atoms with Crippen LogP contribution in [-0.2, 0) is 16.1 Å². The molecule has 9 nitrogen and oxygen atoms in total. The van der Waals surface area contributed by atoms with Crippen LogP contribution >= 0.6 is 23.1 Å². The molecule has 0 spiro atoms. The number of primary amides is 1. The molecule has 0 atom stereocenters. The molecule has 11 heteroatoms. The highest BCUT2D eigenvalue weighted by atomic mass is 32.2. The van der Waals surface area contributed by atoms with Crippen molar-refractivity contribution >= 4 is 45.9 Å². The molecule has 0 saturated carbocycles. The van der Waals surface area contributed by atoms with Gasteiger partial charge in [0.1, 0.15) is 10.8 Å². The molecule has 0 unspecified atom stereocenters. The van der Waals surface area contributed by atoms with Gasteiger partial charge in [0.2, 0.25) is 5.91 Å². The van der Waals surface area contributed by atoms with Crippen LogP contribution in [0.25, 0.3) is 0 Å². The zero-order chi connectivity index (χ0) is 22.6. The monoisotopic (exact) mass is 453 g/mol. The van der Waals surface area contributed by atoms with Gasteiger partial charge in [-0.2, -0.15) is 0 Å². The Morgan fingerprint density at radius 2 is 1.90 bits per heavy atom. The Morgan fingerprint density at radius 1 is 1.23 bits per heavy atom. The molecule has 30 heavy (non-hydrogen) atoms. The molecule has 0 aliphatic carbocycles. The lowest BCUT2D eigenvalue weighted by atomic mass is 10.1. The number of hydrogen-bond acceptors (Lipinski definition) is 8. The third-order valence-corrected chi connectivity index (χ3v) is 6.27. The zero-order valence-electron chi connectivity index (χ0n) is 17.9. The van der Waals surface area contributed by atoms with Gasteiger partial charge in [0.25, 0.3) is 5.91 Å². The lowest BCUT2D eigenvalue weighted by molar-refractivity contribution is -0.113. The van der Waals surface area contributed by atoms with Crippen molar-refractivity contribution in [1.82, 2.24) is 14.8 Å². The van der Waals surface area contributed by atoms with Crippen LogP contribution in [-0.4, -0.2) is 44.4 Å². The summed E-state index contributed by atoms with van der Waals surface area (Å²) < 4.78 is 7.22. The van der Waals surface area contributed by atoms with E-state index in [1.165, 1.54) is 11.8 Å². The van der Waals surface area contributed by atoms with Crippen molar-refractivity contribution < 1.29 is 19.1 Å². The van der Waals surface area contributed by atoms with E-state index in [-0.39, 0.29) is 39.1 Å². The lowest BCUT2D eigenvalue weighted by Crippen LogP contribution is -2.18. The van der Waals surface area contributed by atoms with Crippen molar-refractivity contribution in [2.45, 2.75) is 65.3 Å². The van der Waals surface area contributed by atoms with Crippen molar-refractivity contribution in [1.29, 1.82) is 0 Å². The Kier molecular flexibility index (Phi) is 8.02. The zero-order valence-corrected chi connectivity index (χ0v) is 19.6. The predicted octanol–water partition coefficient (Wildman–Crippen LogP) is 3.19. The number of nitrogens with two attached hydrogens (primary N) is 1. The molecule has 2 heterocycles. The summed E-state index contributed by atoms with van der Waals surface area (Å²) >= 11 is 2.22. The number of anilines is 1. The highest BCUT2D eigenvalue weighted by molar-refractivity contribution is 7.99. The van der Waals surface area contributed by atoms with E-state index in [4.69, 9.17) is 10.5 Å². The topological polar surface area (TPSA) is 129 Å². The predicted molar refractivity (Wildman–Crippen MR) is 117 cm³/mol. The molecule has 0 aliphatic rings. The van der Waals surface area contributed by atoms with Crippen LogP contribution in [0.5, 0.6) is 0 Å². The Balaban J connectivity index is 2.19. The minimum atomic E-state index is -0.664. The standard InChI is InChI=1S/C19H27N5O4S2/c1-7-24-16(9(2)3)22-23-19(24)29-8-12(25)21-17-13(18(27)28-10(4)5)11(6)14(30-17)15(20)26/h9-10H,7-8H2,1-6H3,(H2,20,26)(H,21,25). The van der Waals surface area contributed by atoms with Crippen LogP contribution in [0.2, 0.25) is 0 Å². The van der Waals surface area contributed by atoms with Gasteiger partial charge in [-0.3, -0.25) is 9.59 Å². The van der Waals surface area contributed by atoms with Crippen LogP contribution in [0.1, 0.15) is 72.0 Å². The van der Waals surface area contributed by atoms with Crippen molar-refractivity contribution in [2.24, 2.45) is 5.73 Å². The van der Waals surface area contributed by atoms with Crippen LogP contribution in [0.4, 0.5) is 5.00 Å². The van der Waals surface area contributed by atoms with Crippen LogP contribution < -0.4 is 11.1 Å². The molecule has 2 amide bonds. The number of amides is 2. The van der Waals surface area contributed by atoms with Crippen molar-refractivity contribution in [3.05, 3.63) is 21.8 Å². The fourth-order valence-electron chi connectivity index (χ4n) is 2.78. The average Bonchev–Trinajstić information content (AvgIpc) is 3.20. The fraction of sp³-hybridized carbons (Fsp3) is 0.526. The number of thioether (sulfide) groups is 1. The Bertz CT molecular complexity index is 949. The highest BCUT2D eigenvalue weighted by Crippen LogP contribution is 2.34. The number of nitrogens with one attached hydrogen (secondary N) is 1. The SMILES string of the molecule is CCn1c(SCC(=O)Nc2sc(C(N)=O)c(C)c2C(=O)OC(C)C)nnc1C(C)C. The first-order valence-corrected chi connectivity index (χ1v) is 11.4. The molecule has 164 valence electrons. The van der Waals surface area contributed by atoms with Gasteiger partial charge in [-0.25, -0.2) is 4.79 Å². The molecular weight excluding hydrogens is 426 g/mol. The molecule has 2 aromatic heterocycles. The Morgan fingerprint density at radius 3 is 2.43 bits per heavy atom. The first-order valence-electron chi connectivity index (χ1n) is 9.56.